The lowest BCUT2D eigenvalue weighted by Crippen LogP contribution is -2.46. The molecule has 3 fully saturated rings. The molecule has 1 aromatic heterocycles. The molecule has 2 saturated carbocycles. The Morgan fingerprint density at radius 3 is 2.38 bits per heavy atom. The second kappa shape index (κ2) is 5.99. The highest BCUT2D eigenvalue weighted by Crippen LogP contribution is 2.36. The number of nitrogens with two attached hydrogens (primary N) is 1. The molecule has 0 spiro atoms. The maximum Gasteiger partial charge on any atom is 0.292 e. The van der Waals surface area contributed by atoms with Gasteiger partial charge in [0.05, 0.1) is 0 Å². The van der Waals surface area contributed by atoms with Crippen molar-refractivity contribution in [2.45, 2.75) is 70.5 Å². The van der Waals surface area contributed by atoms with Gasteiger partial charge in [-0.3, -0.25) is 4.79 Å². The van der Waals surface area contributed by atoms with Gasteiger partial charge in [0, 0.05) is 42.5 Å². The molecule has 1 aliphatic heterocycles. The lowest BCUT2D eigenvalue weighted by atomic mass is 9.91. The first-order chi connectivity index (χ1) is 11.5. The standard InChI is InChI=1S/C18H27N5O/c1-11-12(2)20-16(21-17(11)22-9-8-13(19)10-22)18(24)23(15-6-7-15)14-4-3-5-14/h13-15H,3-10,19H2,1-2H3/t13-/m1/s1. The second-order valence-corrected chi connectivity index (χ2v) is 7.60. The Morgan fingerprint density at radius 1 is 1.12 bits per heavy atom. The van der Waals surface area contributed by atoms with Gasteiger partial charge in [-0.25, -0.2) is 9.97 Å². The average Bonchev–Trinajstić information content (AvgIpc) is 3.26. The van der Waals surface area contributed by atoms with Gasteiger partial charge < -0.3 is 15.5 Å². The Bertz CT molecular complexity index is 653. The average molecular weight is 329 g/mol. The molecule has 1 amide bonds. The Hall–Kier alpha value is -1.69. The van der Waals surface area contributed by atoms with Crippen molar-refractivity contribution in [2.75, 3.05) is 18.0 Å². The maximum atomic E-state index is 13.1. The number of hydrogen-bond acceptors (Lipinski definition) is 5. The van der Waals surface area contributed by atoms with E-state index in [-0.39, 0.29) is 11.9 Å². The maximum absolute atomic E-state index is 13.1. The van der Waals surface area contributed by atoms with Gasteiger partial charge in [0.1, 0.15) is 5.82 Å². The molecular weight excluding hydrogens is 302 g/mol. The third-order valence-electron chi connectivity index (χ3n) is 5.72. The molecule has 0 aromatic carbocycles. The van der Waals surface area contributed by atoms with Gasteiger partial charge >= 0.3 is 0 Å². The second-order valence-electron chi connectivity index (χ2n) is 7.60. The van der Waals surface area contributed by atoms with Crippen LogP contribution >= 0.6 is 0 Å². The highest BCUT2D eigenvalue weighted by Gasteiger charge is 2.41. The van der Waals surface area contributed by atoms with Crippen molar-refractivity contribution >= 4 is 11.7 Å². The van der Waals surface area contributed by atoms with Crippen LogP contribution in [0.3, 0.4) is 0 Å². The van der Waals surface area contributed by atoms with Crippen molar-refractivity contribution in [1.82, 2.24) is 14.9 Å². The molecule has 4 rings (SSSR count). The predicted molar refractivity (Wildman–Crippen MR) is 93.1 cm³/mol. The SMILES string of the molecule is Cc1nc(C(=O)N(C2CCC2)C2CC2)nc(N2CC[C@@H](N)C2)c1C. The van der Waals surface area contributed by atoms with E-state index in [4.69, 9.17) is 5.73 Å². The Labute approximate surface area is 143 Å². The molecule has 1 aromatic rings. The minimum absolute atomic E-state index is 0.0232. The normalized spacial score (nSPS) is 24.1. The monoisotopic (exact) mass is 329 g/mol. The van der Waals surface area contributed by atoms with Crippen LogP contribution in [0, 0.1) is 13.8 Å². The summed E-state index contributed by atoms with van der Waals surface area (Å²) in [5.41, 5.74) is 8.00. The van der Waals surface area contributed by atoms with E-state index >= 15 is 0 Å². The predicted octanol–water partition coefficient (Wildman–Crippen LogP) is 1.79. The molecule has 1 atom stereocenters. The first-order valence-corrected chi connectivity index (χ1v) is 9.23. The van der Waals surface area contributed by atoms with Crippen LogP contribution in [-0.2, 0) is 0 Å². The topological polar surface area (TPSA) is 75.4 Å². The van der Waals surface area contributed by atoms with Crippen molar-refractivity contribution in [1.29, 1.82) is 0 Å². The molecule has 6 heteroatoms. The van der Waals surface area contributed by atoms with Crippen LogP contribution in [0.5, 0.6) is 0 Å². The molecule has 24 heavy (non-hydrogen) atoms. The number of carbonyl (C=O) groups is 1. The summed E-state index contributed by atoms with van der Waals surface area (Å²) in [6.45, 7) is 5.71. The van der Waals surface area contributed by atoms with E-state index in [0.717, 1.165) is 62.3 Å². The molecule has 0 radical (unpaired) electrons. The fourth-order valence-corrected chi connectivity index (χ4v) is 3.76. The largest absolute Gasteiger partial charge is 0.355 e. The number of carbonyl (C=O) groups excluding carboxylic acids is 1. The summed E-state index contributed by atoms with van der Waals surface area (Å²) in [5.74, 6) is 1.28. The summed E-state index contributed by atoms with van der Waals surface area (Å²) < 4.78 is 0. The van der Waals surface area contributed by atoms with Crippen molar-refractivity contribution in [3.63, 3.8) is 0 Å². The van der Waals surface area contributed by atoms with Gasteiger partial charge in [-0.2, -0.15) is 0 Å². The number of hydrogen-bond donors (Lipinski definition) is 1. The molecule has 2 aliphatic carbocycles. The molecule has 0 bridgehead atoms. The summed E-state index contributed by atoms with van der Waals surface area (Å²) in [4.78, 5) is 26.6. The van der Waals surface area contributed by atoms with E-state index in [1.807, 2.05) is 13.8 Å². The molecular formula is C18H27N5O. The summed E-state index contributed by atoms with van der Waals surface area (Å²) in [7, 11) is 0. The van der Waals surface area contributed by atoms with Crippen molar-refractivity contribution in [3.05, 3.63) is 17.1 Å². The molecule has 130 valence electrons. The zero-order valence-electron chi connectivity index (χ0n) is 14.7. The van der Waals surface area contributed by atoms with Gasteiger partial charge in [-0.1, -0.05) is 0 Å². The molecule has 0 unspecified atom stereocenters. The van der Waals surface area contributed by atoms with Crippen LogP contribution in [0.4, 0.5) is 5.82 Å². The minimum Gasteiger partial charge on any atom is -0.355 e. The van der Waals surface area contributed by atoms with Crippen molar-refractivity contribution in [2.24, 2.45) is 5.73 Å². The summed E-state index contributed by atoms with van der Waals surface area (Å²) >= 11 is 0. The van der Waals surface area contributed by atoms with Crippen LogP contribution in [0.2, 0.25) is 0 Å². The van der Waals surface area contributed by atoms with Gasteiger partial charge in [-0.15, -0.1) is 0 Å². The van der Waals surface area contributed by atoms with E-state index in [2.05, 4.69) is 19.8 Å². The molecule has 2 N–H and O–H groups in total. The van der Waals surface area contributed by atoms with Crippen molar-refractivity contribution < 1.29 is 4.79 Å². The van der Waals surface area contributed by atoms with Crippen LogP contribution in [0.25, 0.3) is 0 Å². The fourth-order valence-electron chi connectivity index (χ4n) is 3.76. The summed E-state index contributed by atoms with van der Waals surface area (Å²) in [5, 5.41) is 0. The number of amides is 1. The number of aromatic nitrogens is 2. The smallest absolute Gasteiger partial charge is 0.292 e. The summed E-state index contributed by atoms with van der Waals surface area (Å²) in [6, 6.07) is 1.01. The lowest BCUT2D eigenvalue weighted by molar-refractivity contribution is 0.0543. The highest BCUT2D eigenvalue weighted by molar-refractivity contribution is 5.92. The Morgan fingerprint density at radius 2 is 1.83 bits per heavy atom. The minimum atomic E-state index is 0.0232. The first kappa shape index (κ1) is 15.8. The zero-order valence-corrected chi connectivity index (χ0v) is 14.7. The van der Waals surface area contributed by atoms with E-state index in [1.54, 1.807) is 0 Å². The molecule has 3 aliphatic rings. The van der Waals surface area contributed by atoms with Crippen LogP contribution in [0.1, 0.15) is 60.4 Å². The number of nitrogens with zero attached hydrogens (tertiary/aromatic N) is 4. The molecule has 6 nitrogen and oxygen atoms in total. The van der Waals surface area contributed by atoms with Crippen LogP contribution in [0.15, 0.2) is 0 Å². The van der Waals surface area contributed by atoms with Crippen LogP contribution in [-0.4, -0.2) is 52.0 Å². The van der Waals surface area contributed by atoms with Gasteiger partial charge in [0.15, 0.2) is 0 Å². The van der Waals surface area contributed by atoms with Gasteiger partial charge in [0.2, 0.25) is 5.82 Å². The summed E-state index contributed by atoms with van der Waals surface area (Å²) in [6.07, 6.45) is 6.71. The fraction of sp³-hybridized carbons (Fsp3) is 0.722. The van der Waals surface area contributed by atoms with E-state index in [9.17, 15) is 4.79 Å². The molecule has 2 heterocycles. The van der Waals surface area contributed by atoms with E-state index < -0.39 is 0 Å². The third kappa shape index (κ3) is 2.77. The highest BCUT2D eigenvalue weighted by atomic mass is 16.2. The van der Waals surface area contributed by atoms with E-state index in [0.29, 0.717) is 17.9 Å². The van der Waals surface area contributed by atoms with Crippen molar-refractivity contribution in [3.8, 4) is 0 Å². The number of anilines is 1. The zero-order chi connectivity index (χ0) is 16.8. The Balaban J connectivity index is 1.64. The first-order valence-electron chi connectivity index (χ1n) is 9.23. The number of rotatable bonds is 4. The molecule has 1 saturated heterocycles. The van der Waals surface area contributed by atoms with E-state index in [1.165, 1.54) is 6.42 Å². The number of aryl methyl sites for hydroxylation is 1. The van der Waals surface area contributed by atoms with Gasteiger partial charge in [-0.05, 0) is 52.4 Å². The van der Waals surface area contributed by atoms with Crippen LogP contribution < -0.4 is 10.6 Å². The quantitative estimate of drug-likeness (QED) is 0.911. The van der Waals surface area contributed by atoms with Gasteiger partial charge in [0.25, 0.3) is 5.91 Å². The lowest BCUT2D eigenvalue weighted by Gasteiger charge is -2.37. The Kier molecular flexibility index (Phi) is 3.95. The third-order valence-corrected chi connectivity index (χ3v) is 5.72.